The number of anilines is 1. The van der Waals surface area contributed by atoms with Gasteiger partial charge in [-0.15, -0.1) is 0 Å². The van der Waals surface area contributed by atoms with Crippen LogP contribution in [0.4, 0.5) is 5.82 Å². The molecule has 96 valence electrons. The summed E-state index contributed by atoms with van der Waals surface area (Å²) in [5, 5.41) is 13.4. The van der Waals surface area contributed by atoms with Gasteiger partial charge in [-0.3, -0.25) is 0 Å². The molecular weight excluding hydrogens is 236 g/mol. The van der Waals surface area contributed by atoms with Gasteiger partial charge in [-0.1, -0.05) is 18.2 Å². The molecule has 0 aliphatic heterocycles. The molecule has 1 aliphatic rings. The molecule has 1 heterocycles. The number of nitriles is 1. The van der Waals surface area contributed by atoms with Crippen LogP contribution in [0.3, 0.4) is 0 Å². The number of para-hydroxylation sites is 1. The molecule has 1 atom stereocenters. The summed E-state index contributed by atoms with van der Waals surface area (Å²) in [5.74, 6) is 1.27. The van der Waals surface area contributed by atoms with Gasteiger partial charge in [0.15, 0.2) is 0 Å². The molecule has 0 radical (unpaired) electrons. The Morgan fingerprint density at radius 3 is 2.95 bits per heavy atom. The SMILES string of the molecule is N#Cc1cc2ccccc2nc1NCC(N)C1CC1. The fourth-order valence-electron chi connectivity index (χ4n) is 2.24. The summed E-state index contributed by atoms with van der Waals surface area (Å²) in [6.45, 7) is 0.671. The fourth-order valence-corrected chi connectivity index (χ4v) is 2.24. The Morgan fingerprint density at radius 2 is 2.21 bits per heavy atom. The van der Waals surface area contributed by atoms with Crippen LogP contribution in [0, 0.1) is 17.2 Å². The molecule has 1 unspecified atom stereocenters. The zero-order chi connectivity index (χ0) is 13.2. The van der Waals surface area contributed by atoms with E-state index < -0.39 is 0 Å². The monoisotopic (exact) mass is 252 g/mol. The van der Waals surface area contributed by atoms with Crippen LogP contribution >= 0.6 is 0 Å². The number of fused-ring (bicyclic) bond motifs is 1. The molecule has 0 spiro atoms. The van der Waals surface area contributed by atoms with E-state index in [1.54, 1.807) is 0 Å². The van der Waals surface area contributed by atoms with E-state index in [-0.39, 0.29) is 6.04 Å². The number of hydrogen-bond acceptors (Lipinski definition) is 4. The van der Waals surface area contributed by atoms with E-state index in [1.807, 2.05) is 30.3 Å². The fraction of sp³-hybridized carbons (Fsp3) is 0.333. The lowest BCUT2D eigenvalue weighted by molar-refractivity contribution is 0.620. The molecule has 0 amide bonds. The van der Waals surface area contributed by atoms with Crippen LogP contribution in [0.2, 0.25) is 0 Å². The number of aromatic nitrogens is 1. The quantitative estimate of drug-likeness (QED) is 0.875. The molecule has 4 heteroatoms. The summed E-state index contributed by atoms with van der Waals surface area (Å²) in [5.41, 5.74) is 7.52. The van der Waals surface area contributed by atoms with Crippen molar-refractivity contribution in [2.24, 2.45) is 11.7 Å². The van der Waals surface area contributed by atoms with Gasteiger partial charge in [0.2, 0.25) is 0 Å². The molecule has 4 nitrogen and oxygen atoms in total. The van der Waals surface area contributed by atoms with Crippen molar-refractivity contribution < 1.29 is 0 Å². The third-order valence-corrected chi connectivity index (χ3v) is 3.58. The van der Waals surface area contributed by atoms with E-state index in [1.165, 1.54) is 12.8 Å². The topological polar surface area (TPSA) is 74.7 Å². The highest BCUT2D eigenvalue weighted by molar-refractivity contribution is 5.82. The van der Waals surface area contributed by atoms with Crippen LogP contribution in [0.1, 0.15) is 18.4 Å². The van der Waals surface area contributed by atoms with E-state index in [9.17, 15) is 5.26 Å². The lowest BCUT2D eigenvalue weighted by Crippen LogP contribution is -2.31. The van der Waals surface area contributed by atoms with Gasteiger partial charge in [0.25, 0.3) is 0 Å². The van der Waals surface area contributed by atoms with Gasteiger partial charge in [-0.25, -0.2) is 4.98 Å². The molecule has 0 bridgehead atoms. The Kier molecular flexibility index (Phi) is 3.06. The highest BCUT2D eigenvalue weighted by Crippen LogP contribution is 2.31. The molecule has 19 heavy (non-hydrogen) atoms. The second-order valence-electron chi connectivity index (χ2n) is 5.07. The molecule has 3 rings (SSSR count). The predicted molar refractivity (Wildman–Crippen MR) is 75.6 cm³/mol. The predicted octanol–water partition coefficient (Wildman–Crippen LogP) is 2.26. The minimum atomic E-state index is 0.153. The summed E-state index contributed by atoms with van der Waals surface area (Å²) >= 11 is 0. The third-order valence-electron chi connectivity index (χ3n) is 3.58. The second kappa shape index (κ2) is 4.87. The molecule has 2 aromatic rings. The van der Waals surface area contributed by atoms with E-state index in [0.29, 0.717) is 23.8 Å². The first kappa shape index (κ1) is 11.9. The standard InChI is InChI=1S/C15H16N4/c16-8-12-7-11-3-1-2-4-14(11)19-15(12)18-9-13(17)10-5-6-10/h1-4,7,10,13H,5-6,9,17H2,(H,18,19). The Bertz CT molecular complexity index is 640. The number of nitrogens with zero attached hydrogens (tertiary/aromatic N) is 2. The zero-order valence-electron chi connectivity index (χ0n) is 10.6. The minimum absolute atomic E-state index is 0.153. The molecule has 1 saturated carbocycles. The van der Waals surface area contributed by atoms with Crippen molar-refractivity contribution >= 4 is 16.7 Å². The van der Waals surface area contributed by atoms with Crippen LogP contribution < -0.4 is 11.1 Å². The van der Waals surface area contributed by atoms with Crippen molar-refractivity contribution in [1.29, 1.82) is 5.26 Å². The Labute approximate surface area is 112 Å². The highest BCUT2D eigenvalue weighted by atomic mass is 15.0. The van der Waals surface area contributed by atoms with Crippen molar-refractivity contribution in [3.05, 3.63) is 35.9 Å². The largest absolute Gasteiger partial charge is 0.367 e. The van der Waals surface area contributed by atoms with Crippen LogP contribution in [-0.4, -0.2) is 17.6 Å². The van der Waals surface area contributed by atoms with Crippen molar-refractivity contribution in [2.75, 3.05) is 11.9 Å². The lowest BCUT2D eigenvalue weighted by Gasteiger charge is -2.13. The minimum Gasteiger partial charge on any atom is -0.367 e. The number of nitrogens with one attached hydrogen (secondary N) is 1. The van der Waals surface area contributed by atoms with E-state index in [2.05, 4.69) is 16.4 Å². The molecule has 3 N–H and O–H groups in total. The number of benzene rings is 1. The summed E-state index contributed by atoms with van der Waals surface area (Å²) in [7, 11) is 0. The lowest BCUT2D eigenvalue weighted by atomic mass is 10.1. The number of pyridine rings is 1. The Balaban J connectivity index is 1.86. The molecule has 1 aliphatic carbocycles. The van der Waals surface area contributed by atoms with Gasteiger partial charge in [0.1, 0.15) is 11.9 Å². The van der Waals surface area contributed by atoms with Crippen LogP contribution in [0.25, 0.3) is 10.9 Å². The first-order valence-electron chi connectivity index (χ1n) is 6.57. The summed E-state index contributed by atoms with van der Waals surface area (Å²) in [6.07, 6.45) is 2.44. The van der Waals surface area contributed by atoms with Gasteiger partial charge in [0.05, 0.1) is 11.1 Å². The number of rotatable bonds is 4. The van der Waals surface area contributed by atoms with Crippen LogP contribution in [0.15, 0.2) is 30.3 Å². The first-order chi connectivity index (χ1) is 9.28. The maximum atomic E-state index is 9.20. The third kappa shape index (κ3) is 2.51. The molecule has 1 aromatic heterocycles. The normalized spacial score (nSPS) is 16.0. The van der Waals surface area contributed by atoms with Gasteiger partial charge in [-0.2, -0.15) is 5.26 Å². The summed E-state index contributed by atoms with van der Waals surface area (Å²) < 4.78 is 0. The maximum absolute atomic E-state index is 9.20. The molecular formula is C15H16N4. The number of hydrogen-bond donors (Lipinski definition) is 2. The van der Waals surface area contributed by atoms with E-state index >= 15 is 0 Å². The van der Waals surface area contributed by atoms with Crippen molar-refractivity contribution in [3.63, 3.8) is 0 Å². The summed E-state index contributed by atoms with van der Waals surface area (Å²) in [6, 6.07) is 12.0. The highest BCUT2D eigenvalue weighted by Gasteiger charge is 2.28. The van der Waals surface area contributed by atoms with Gasteiger partial charge in [-0.05, 0) is 30.9 Å². The summed E-state index contributed by atoms with van der Waals surface area (Å²) in [4.78, 5) is 4.51. The van der Waals surface area contributed by atoms with Gasteiger partial charge >= 0.3 is 0 Å². The average Bonchev–Trinajstić information content (AvgIpc) is 3.28. The molecule has 0 saturated heterocycles. The zero-order valence-corrected chi connectivity index (χ0v) is 10.6. The maximum Gasteiger partial charge on any atom is 0.144 e. The Morgan fingerprint density at radius 1 is 1.42 bits per heavy atom. The van der Waals surface area contributed by atoms with Crippen molar-refractivity contribution in [1.82, 2.24) is 4.98 Å². The van der Waals surface area contributed by atoms with Crippen LogP contribution in [-0.2, 0) is 0 Å². The Hall–Kier alpha value is -2.12. The van der Waals surface area contributed by atoms with Gasteiger partial charge < -0.3 is 11.1 Å². The second-order valence-corrected chi connectivity index (χ2v) is 5.07. The van der Waals surface area contributed by atoms with E-state index in [4.69, 9.17) is 5.73 Å². The molecule has 1 aromatic carbocycles. The van der Waals surface area contributed by atoms with Crippen molar-refractivity contribution in [3.8, 4) is 6.07 Å². The smallest absolute Gasteiger partial charge is 0.144 e. The average molecular weight is 252 g/mol. The molecule has 1 fully saturated rings. The first-order valence-corrected chi connectivity index (χ1v) is 6.57. The van der Waals surface area contributed by atoms with Crippen LogP contribution in [0.5, 0.6) is 0 Å². The van der Waals surface area contributed by atoms with E-state index in [0.717, 1.165) is 10.9 Å². The van der Waals surface area contributed by atoms with Crippen molar-refractivity contribution in [2.45, 2.75) is 18.9 Å². The number of nitrogens with two attached hydrogens (primary N) is 1. The van der Waals surface area contributed by atoms with Gasteiger partial charge in [0, 0.05) is 18.0 Å².